The molecule has 0 saturated carbocycles. The molecule has 4 rings (SSSR count). The smallest absolute Gasteiger partial charge is 0.336 e. The Balaban J connectivity index is 1.55. The molecule has 1 aromatic heterocycles. The van der Waals surface area contributed by atoms with Crippen LogP contribution in [0, 0.1) is 0 Å². The summed E-state index contributed by atoms with van der Waals surface area (Å²) >= 11 is 0. The quantitative estimate of drug-likeness (QED) is 0.304. The number of benzene rings is 2. The van der Waals surface area contributed by atoms with Crippen LogP contribution in [0.3, 0.4) is 0 Å². The van der Waals surface area contributed by atoms with Crippen molar-refractivity contribution in [3.05, 3.63) is 64.0 Å². The Bertz CT molecular complexity index is 1320. The molecule has 0 bridgehead atoms. The van der Waals surface area contributed by atoms with Crippen molar-refractivity contribution < 1.29 is 32.9 Å². The highest BCUT2D eigenvalue weighted by Crippen LogP contribution is 2.38. The largest absolute Gasteiger partial charge is 0.496 e. The van der Waals surface area contributed by atoms with Gasteiger partial charge in [0.25, 0.3) is 0 Å². The van der Waals surface area contributed by atoms with E-state index in [0.29, 0.717) is 40.6 Å². The number of esters is 1. The fourth-order valence-corrected chi connectivity index (χ4v) is 3.90. The van der Waals surface area contributed by atoms with Crippen molar-refractivity contribution in [2.45, 2.75) is 32.0 Å². The monoisotopic (exact) mass is 466 g/mol. The van der Waals surface area contributed by atoms with Gasteiger partial charge in [0.15, 0.2) is 11.5 Å². The van der Waals surface area contributed by atoms with Gasteiger partial charge in [-0.3, -0.25) is 0 Å². The predicted octanol–water partition coefficient (Wildman–Crippen LogP) is 4.16. The van der Waals surface area contributed by atoms with Gasteiger partial charge >= 0.3 is 11.6 Å². The first-order valence-electron chi connectivity index (χ1n) is 10.7. The van der Waals surface area contributed by atoms with Gasteiger partial charge < -0.3 is 28.1 Å². The fraction of sp³-hybridized carbons (Fsp3) is 0.308. The molecular formula is C26H26O8. The molecule has 8 nitrogen and oxygen atoms in total. The van der Waals surface area contributed by atoms with Gasteiger partial charge in [-0.1, -0.05) is 0 Å². The van der Waals surface area contributed by atoms with Gasteiger partial charge in [-0.05, 0) is 43.7 Å². The maximum Gasteiger partial charge on any atom is 0.336 e. The molecule has 0 amide bonds. The molecule has 1 atom stereocenters. The number of ether oxygens (including phenoxy) is 5. The maximum atomic E-state index is 12.7. The van der Waals surface area contributed by atoms with Gasteiger partial charge in [0, 0.05) is 41.6 Å². The van der Waals surface area contributed by atoms with E-state index >= 15 is 0 Å². The lowest BCUT2D eigenvalue weighted by Crippen LogP contribution is -2.48. The van der Waals surface area contributed by atoms with Crippen LogP contribution in [-0.2, 0) is 16.0 Å². The Morgan fingerprint density at radius 3 is 2.41 bits per heavy atom. The van der Waals surface area contributed by atoms with E-state index in [1.165, 1.54) is 33.5 Å². The third-order valence-electron chi connectivity index (χ3n) is 5.75. The minimum Gasteiger partial charge on any atom is -0.496 e. The lowest BCUT2D eigenvalue weighted by molar-refractivity contribution is -0.155. The van der Waals surface area contributed by atoms with Crippen molar-refractivity contribution in [2.75, 3.05) is 21.3 Å². The Labute approximate surface area is 196 Å². The molecule has 1 aliphatic rings. The van der Waals surface area contributed by atoms with Crippen molar-refractivity contribution in [1.29, 1.82) is 0 Å². The Morgan fingerprint density at radius 1 is 1.00 bits per heavy atom. The zero-order valence-electron chi connectivity index (χ0n) is 19.7. The van der Waals surface area contributed by atoms with E-state index in [9.17, 15) is 9.59 Å². The second-order valence-corrected chi connectivity index (χ2v) is 8.37. The first-order valence-corrected chi connectivity index (χ1v) is 10.7. The van der Waals surface area contributed by atoms with Gasteiger partial charge in [-0.25, -0.2) is 9.59 Å². The first-order chi connectivity index (χ1) is 16.2. The first kappa shape index (κ1) is 23.2. The topological polar surface area (TPSA) is 93.4 Å². The van der Waals surface area contributed by atoms with Crippen molar-refractivity contribution in [3.8, 4) is 23.0 Å². The molecule has 2 heterocycles. The van der Waals surface area contributed by atoms with Crippen LogP contribution < -0.4 is 24.6 Å². The van der Waals surface area contributed by atoms with Crippen LogP contribution in [0.2, 0.25) is 0 Å². The molecule has 178 valence electrons. The Hall–Kier alpha value is -3.94. The molecule has 0 fully saturated rings. The standard InChI is InChI=1S/C26H26O8/c1-26(2)23(12-17-10-15-6-8-24(27)32-19(15)14-20(17)34-26)33-25(28)9-7-16-11-21(30-4)22(31-5)13-18(16)29-3/h6-11,13-14,23H,12H2,1-5H3/b9-7+/t23-/m0/s1. The van der Waals surface area contributed by atoms with Crippen LogP contribution in [0.1, 0.15) is 25.0 Å². The van der Waals surface area contributed by atoms with Crippen LogP contribution in [0.25, 0.3) is 17.0 Å². The summed E-state index contributed by atoms with van der Waals surface area (Å²) in [5, 5.41) is 0.771. The van der Waals surface area contributed by atoms with Crippen molar-refractivity contribution in [1.82, 2.24) is 0 Å². The normalized spacial score (nSPS) is 16.6. The molecule has 3 aromatic rings. The number of hydrogen-bond donors (Lipinski definition) is 0. The predicted molar refractivity (Wildman–Crippen MR) is 126 cm³/mol. The molecule has 8 heteroatoms. The van der Waals surface area contributed by atoms with Gasteiger partial charge in [0.05, 0.1) is 21.3 Å². The average molecular weight is 466 g/mol. The number of fused-ring (bicyclic) bond motifs is 2. The van der Waals surface area contributed by atoms with Gasteiger partial charge in [0.1, 0.15) is 28.8 Å². The van der Waals surface area contributed by atoms with Crippen LogP contribution >= 0.6 is 0 Å². The fourth-order valence-electron chi connectivity index (χ4n) is 3.90. The molecule has 0 aliphatic carbocycles. The van der Waals surface area contributed by atoms with Gasteiger partial charge in [0.2, 0.25) is 0 Å². The third-order valence-corrected chi connectivity index (χ3v) is 5.75. The molecular weight excluding hydrogens is 440 g/mol. The van der Waals surface area contributed by atoms with Crippen molar-refractivity contribution >= 4 is 23.0 Å². The number of methoxy groups -OCH3 is 3. The van der Waals surface area contributed by atoms with E-state index in [0.717, 1.165) is 10.9 Å². The van der Waals surface area contributed by atoms with E-state index in [4.69, 9.17) is 28.1 Å². The zero-order valence-corrected chi connectivity index (χ0v) is 19.7. The lowest BCUT2D eigenvalue weighted by atomic mass is 9.90. The van der Waals surface area contributed by atoms with E-state index in [1.54, 1.807) is 30.3 Å². The van der Waals surface area contributed by atoms with Crippen LogP contribution in [-0.4, -0.2) is 39.0 Å². The molecule has 0 unspecified atom stereocenters. The number of carbonyl (C=O) groups excluding carboxylic acids is 1. The van der Waals surface area contributed by atoms with E-state index in [1.807, 2.05) is 19.9 Å². The molecule has 0 N–H and O–H groups in total. The van der Waals surface area contributed by atoms with E-state index < -0.39 is 23.3 Å². The summed E-state index contributed by atoms with van der Waals surface area (Å²) in [5.41, 5.74) is 0.732. The summed E-state index contributed by atoms with van der Waals surface area (Å²) in [4.78, 5) is 24.2. The second-order valence-electron chi connectivity index (χ2n) is 8.37. The highest BCUT2D eigenvalue weighted by molar-refractivity contribution is 5.88. The Kier molecular flexibility index (Phi) is 6.24. The zero-order chi connectivity index (χ0) is 24.5. The second kappa shape index (κ2) is 9.13. The summed E-state index contributed by atoms with van der Waals surface area (Å²) in [7, 11) is 4.60. The van der Waals surface area contributed by atoms with Gasteiger partial charge in [-0.2, -0.15) is 0 Å². The van der Waals surface area contributed by atoms with Crippen molar-refractivity contribution in [3.63, 3.8) is 0 Å². The summed E-state index contributed by atoms with van der Waals surface area (Å²) in [5.74, 6) is 1.64. The van der Waals surface area contributed by atoms with Crippen molar-refractivity contribution in [2.24, 2.45) is 0 Å². The molecule has 0 radical (unpaired) electrons. The van der Waals surface area contributed by atoms with E-state index in [-0.39, 0.29) is 0 Å². The highest BCUT2D eigenvalue weighted by atomic mass is 16.6. The molecule has 0 saturated heterocycles. The van der Waals surface area contributed by atoms with E-state index in [2.05, 4.69) is 0 Å². The van der Waals surface area contributed by atoms with Crippen LogP contribution in [0.15, 0.2) is 51.7 Å². The summed E-state index contributed by atoms with van der Waals surface area (Å²) < 4.78 is 33.2. The molecule has 1 aliphatic heterocycles. The SMILES string of the molecule is COc1cc(OC)c(OC)cc1/C=C/C(=O)O[C@H]1Cc2cc3ccc(=O)oc3cc2OC1(C)C. The third kappa shape index (κ3) is 4.57. The highest BCUT2D eigenvalue weighted by Gasteiger charge is 2.39. The number of hydrogen-bond acceptors (Lipinski definition) is 8. The van der Waals surface area contributed by atoms with Crippen LogP contribution in [0.5, 0.6) is 23.0 Å². The average Bonchev–Trinajstić information content (AvgIpc) is 2.81. The van der Waals surface area contributed by atoms with Crippen LogP contribution in [0.4, 0.5) is 0 Å². The number of carbonyl (C=O) groups is 1. The minimum absolute atomic E-state index is 0.424. The molecule has 0 spiro atoms. The maximum absolute atomic E-state index is 12.7. The minimum atomic E-state index is -0.791. The summed E-state index contributed by atoms with van der Waals surface area (Å²) in [6.45, 7) is 3.70. The Morgan fingerprint density at radius 2 is 1.71 bits per heavy atom. The summed E-state index contributed by atoms with van der Waals surface area (Å²) in [6, 6.07) is 10.1. The van der Waals surface area contributed by atoms with Gasteiger partial charge in [-0.15, -0.1) is 0 Å². The molecule has 2 aromatic carbocycles. The molecule has 34 heavy (non-hydrogen) atoms. The summed E-state index contributed by atoms with van der Waals surface area (Å²) in [6.07, 6.45) is 2.86. The lowest BCUT2D eigenvalue weighted by Gasteiger charge is -2.39. The number of rotatable bonds is 6.